The number of sulfonamides is 1. The Balaban J connectivity index is 1.64. The second-order valence-electron chi connectivity index (χ2n) is 7.89. The number of hydrogen-bond donors (Lipinski definition) is 2. The molecule has 2 aromatic carbocycles. The highest BCUT2D eigenvalue weighted by Crippen LogP contribution is 2.30. The molecule has 4 rings (SSSR count). The van der Waals surface area contributed by atoms with Gasteiger partial charge >= 0.3 is 0 Å². The molecule has 0 fully saturated rings. The molecule has 4 aromatic rings. The maximum atomic E-state index is 13.5. The first kappa shape index (κ1) is 23.8. The van der Waals surface area contributed by atoms with E-state index in [1.807, 2.05) is 32.3 Å². The van der Waals surface area contributed by atoms with Crippen LogP contribution in [0.15, 0.2) is 61.2 Å². The Morgan fingerprint density at radius 1 is 1.00 bits per heavy atom. The number of hydrogen-bond acceptors (Lipinski definition) is 7. The summed E-state index contributed by atoms with van der Waals surface area (Å²) in [4.78, 5) is 14.6. The summed E-state index contributed by atoms with van der Waals surface area (Å²) in [6.07, 6.45) is 4.54. The van der Waals surface area contributed by atoms with Crippen LogP contribution in [0, 0.1) is 5.82 Å². The van der Waals surface area contributed by atoms with Crippen LogP contribution in [-0.2, 0) is 10.0 Å². The molecule has 0 atom stereocenters. The molecule has 11 heteroatoms. The van der Waals surface area contributed by atoms with Crippen LogP contribution in [0.1, 0.15) is 0 Å². The molecule has 0 aliphatic heterocycles. The van der Waals surface area contributed by atoms with Gasteiger partial charge in [0.15, 0.2) is 0 Å². The van der Waals surface area contributed by atoms with E-state index in [4.69, 9.17) is 11.6 Å². The lowest BCUT2D eigenvalue weighted by Crippen LogP contribution is -2.26. The fourth-order valence-corrected chi connectivity index (χ4v) is 4.59. The van der Waals surface area contributed by atoms with Gasteiger partial charge in [-0.05, 0) is 56.1 Å². The minimum absolute atomic E-state index is 0.0000241. The molecule has 8 nitrogen and oxygen atoms in total. The zero-order valence-electron chi connectivity index (χ0n) is 18.5. The molecule has 0 spiro atoms. The van der Waals surface area contributed by atoms with Gasteiger partial charge in [0.25, 0.3) is 0 Å². The van der Waals surface area contributed by atoms with Crippen molar-refractivity contribution in [3.8, 4) is 11.1 Å². The lowest BCUT2D eigenvalue weighted by molar-refractivity contribution is 0.432. The maximum absolute atomic E-state index is 13.5. The lowest BCUT2D eigenvalue weighted by atomic mass is 10.0. The Labute approximate surface area is 201 Å². The van der Waals surface area contributed by atoms with Gasteiger partial charge < -0.3 is 10.2 Å². The van der Waals surface area contributed by atoms with Crippen LogP contribution in [0.4, 0.5) is 21.6 Å². The molecule has 0 aliphatic rings. The Kier molecular flexibility index (Phi) is 6.92. The molecule has 0 radical (unpaired) electrons. The molecular weight excluding hydrogens is 479 g/mol. The second-order valence-corrected chi connectivity index (χ2v) is 10.1. The van der Waals surface area contributed by atoms with Gasteiger partial charge in [0.1, 0.15) is 18.0 Å². The van der Waals surface area contributed by atoms with E-state index in [0.29, 0.717) is 34.8 Å². The first-order chi connectivity index (χ1) is 16.2. The van der Waals surface area contributed by atoms with E-state index < -0.39 is 15.8 Å². The topological polar surface area (TPSA) is 100 Å². The normalized spacial score (nSPS) is 11.7. The monoisotopic (exact) mass is 500 g/mol. The quantitative estimate of drug-likeness (QED) is 0.366. The van der Waals surface area contributed by atoms with Gasteiger partial charge in [-0.3, -0.25) is 9.71 Å². The average Bonchev–Trinajstić information content (AvgIpc) is 2.80. The lowest BCUT2D eigenvalue weighted by Gasteiger charge is -2.13. The summed E-state index contributed by atoms with van der Waals surface area (Å²) < 4.78 is 40.8. The van der Waals surface area contributed by atoms with Gasteiger partial charge in [0.2, 0.25) is 10.0 Å². The third-order valence-electron chi connectivity index (χ3n) is 4.97. The second kappa shape index (κ2) is 9.88. The molecule has 0 amide bonds. The highest BCUT2D eigenvalue weighted by molar-refractivity contribution is 7.92. The number of pyridine rings is 1. The number of anilines is 3. The molecule has 0 aliphatic carbocycles. The van der Waals surface area contributed by atoms with Crippen molar-refractivity contribution in [2.75, 3.05) is 36.4 Å². The van der Waals surface area contributed by atoms with E-state index in [1.54, 1.807) is 23.2 Å². The van der Waals surface area contributed by atoms with Crippen molar-refractivity contribution < 1.29 is 12.8 Å². The average molecular weight is 501 g/mol. The van der Waals surface area contributed by atoms with Crippen LogP contribution in [-0.4, -0.2) is 54.7 Å². The van der Waals surface area contributed by atoms with Crippen molar-refractivity contribution in [1.29, 1.82) is 0 Å². The molecule has 0 unspecified atom stereocenters. The number of nitrogens with one attached hydrogen (secondary N) is 2. The van der Waals surface area contributed by atoms with Crippen LogP contribution in [0.3, 0.4) is 0 Å². The first-order valence-electron chi connectivity index (χ1n) is 10.3. The van der Waals surface area contributed by atoms with E-state index in [-0.39, 0.29) is 10.8 Å². The van der Waals surface area contributed by atoms with Crippen LogP contribution in [0.2, 0.25) is 5.02 Å². The van der Waals surface area contributed by atoms with Gasteiger partial charge in [-0.1, -0.05) is 17.7 Å². The van der Waals surface area contributed by atoms with Crippen molar-refractivity contribution >= 4 is 49.7 Å². The number of nitrogens with zero attached hydrogens (tertiary/aromatic N) is 4. The predicted octanol–water partition coefficient (Wildman–Crippen LogP) is 4.53. The van der Waals surface area contributed by atoms with Crippen LogP contribution in [0.5, 0.6) is 0 Å². The summed E-state index contributed by atoms with van der Waals surface area (Å²) >= 11 is 5.89. The van der Waals surface area contributed by atoms with Crippen LogP contribution < -0.4 is 10.0 Å². The Morgan fingerprint density at radius 3 is 2.59 bits per heavy atom. The third-order valence-corrected chi connectivity index (χ3v) is 6.53. The van der Waals surface area contributed by atoms with Gasteiger partial charge in [-0.2, -0.15) is 0 Å². The number of fused-ring (bicyclic) bond motifs is 1. The Hall–Kier alpha value is -3.34. The van der Waals surface area contributed by atoms with E-state index in [1.165, 1.54) is 24.7 Å². The highest BCUT2D eigenvalue weighted by atomic mass is 35.5. The van der Waals surface area contributed by atoms with E-state index >= 15 is 0 Å². The molecule has 34 heavy (non-hydrogen) atoms. The number of benzene rings is 2. The Bertz CT molecular complexity index is 1450. The summed E-state index contributed by atoms with van der Waals surface area (Å²) in [7, 11) is 0.118. The van der Waals surface area contributed by atoms with Crippen molar-refractivity contribution in [2.24, 2.45) is 0 Å². The summed E-state index contributed by atoms with van der Waals surface area (Å²) in [5, 5.41) is 3.87. The van der Waals surface area contributed by atoms with E-state index in [0.717, 1.165) is 10.9 Å². The molecule has 0 saturated carbocycles. The largest absolute Gasteiger partial charge is 0.340 e. The molecule has 2 N–H and O–H groups in total. The van der Waals surface area contributed by atoms with Crippen LogP contribution >= 0.6 is 11.6 Å². The van der Waals surface area contributed by atoms with Crippen molar-refractivity contribution in [3.05, 3.63) is 72.0 Å². The minimum atomic E-state index is -3.51. The predicted molar refractivity (Wildman–Crippen MR) is 133 cm³/mol. The number of aromatic nitrogens is 3. The fraction of sp³-hybridized carbons (Fsp3) is 0.174. The van der Waals surface area contributed by atoms with Crippen LogP contribution in [0.25, 0.3) is 22.0 Å². The van der Waals surface area contributed by atoms with Crippen molar-refractivity contribution in [3.63, 3.8) is 0 Å². The summed E-state index contributed by atoms with van der Waals surface area (Å²) in [5.74, 6) is -0.0187. The van der Waals surface area contributed by atoms with Gasteiger partial charge in [-0.25, -0.2) is 22.8 Å². The maximum Gasteiger partial charge on any atom is 0.234 e. The summed E-state index contributed by atoms with van der Waals surface area (Å²) in [5.41, 5.74) is 3.16. The van der Waals surface area contributed by atoms with Gasteiger partial charge in [-0.15, -0.1) is 0 Å². The number of halogens is 2. The summed E-state index contributed by atoms with van der Waals surface area (Å²) in [6.45, 7) is 0.405. The molecule has 0 bridgehead atoms. The zero-order chi connectivity index (χ0) is 24.3. The van der Waals surface area contributed by atoms with E-state index in [9.17, 15) is 12.8 Å². The standard InChI is InChI=1S/C23H22ClFN6O2S/c1-31(2)7-8-34(32,33)30-18-9-16(12-26-13-18)15-3-6-22-19(10-15)23(28-14-27-22)29-17-4-5-21(25)20(24)11-17/h3-6,9-14,30H,7-8H2,1-2H3,(H,27,28,29). The molecule has 176 valence electrons. The zero-order valence-corrected chi connectivity index (χ0v) is 20.0. The SMILES string of the molecule is CN(C)CCS(=O)(=O)Nc1cncc(-c2ccc3ncnc(Nc4ccc(F)c(Cl)c4)c3c2)c1. The molecule has 2 aromatic heterocycles. The van der Waals surface area contributed by atoms with Gasteiger partial charge in [0.05, 0.1) is 28.2 Å². The highest BCUT2D eigenvalue weighted by Gasteiger charge is 2.13. The Morgan fingerprint density at radius 2 is 1.82 bits per heavy atom. The smallest absolute Gasteiger partial charge is 0.234 e. The molecule has 2 heterocycles. The van der Waals surface area contributed by atoms with Gasteiger partial charge in [0, 0.05) is 29.4 Å². The van der Waals surface area contributed by atoms with Crippen molar-refractivity contribution in [1.82, 2.24) is 19.9 Å². The van der Waals surface area contributed by atoms with E-state index in [2.05, 4.69) is 25.0 Å². The minimum Gasteiger partial charge on any atom is -0.340 e. The number of rotatable bonds is 8. The summed E-state index contributed by atoms with van der Waals surface area (Å²) in [6, 6.07) is 11.6. The van der Waals surface area contributed by atoms with Crippen molar-refractivity contribution in [2.45, 2.75) is 0 Å². The third kappa shape index (κ3) is 5.77. The molecule has 0 saturated heterocycles. The molecular formula is C23H22ClFN6O2S. The first-order valence-corrected chi connectivity index (χ1v) is 12.3. The fourth-order valence-electron chi connectivity index (χ4n) is 3.23.